The standard InChI is InChI=1S/C15H12ClNO4/c16-12-7-13(14(19)6-11(12)8-18)17-15(20)21-9-10-4-2-1-3-5-10/h1-8,19H,9H2,(H,17,20). The number of halogens is 1. The molecule has 0 fully saturated rings. The first kappa shape index (κ1) is 14.9. The summed E-state index contributed by atoms with van der Waals surface area (Å²) in [6, 6.07) is 11.6. The quantitative estimate of drug-likeness (QED) is 0.668. The number of carbonyl (C=O) groups excluding carboxylic acids is 2. The molecule has 1 amide bonds. The maximum atomic E-state index is 11.6. The van der Waals surface area contributed by atoms with Crippen LogP contribution in [0.15, 0.2) is 42.5 Å². The minimum atomic E-state index is -0.732. The first-order valence-corrected chi connectivity index (χ1v) is 6.43. The zero-order chi connectivity index (χ0) is 15.2. The van der Waals surface area contributed by atoms with Crippen molar-refractivity contribution < 1.29 is 19.4 Å². The molecule has 0 spiro atoms. The van der Waals surface area contributed by atoms with Gasteiger partial charge in [-0.2, -0.15) is 0 Å². The molecule has 2 rings (SSSR count). The fourth-order valence-electron chi connectivity index (χ4n) is 1.64. The molecule has 0 atom stereocenters. The highest BCUT2D eigenvalue weighted by Crippen LogP contribution is 2.29. The van der Waals surface area contributed by atoms with Gasteiger partial charge in [0.05, 0.1) is 10.7 Å². The van der Waals surface area contributed by atoms with E-state index in [0.29, 0.717) is 6.29 Å². The second kappa shape index (κ2) is 6.76. The van der Waals surface area contributed by atoms with Gasteiger partial charge in [-0.3, -0.25) is 10.1 Å². The molecule has 0 saturated carbocycles. The fraction of sp³-hybridized carbons (Fsp3) is 0.0667. The van der Waals surface area contributed by atoms with Gasteiger partial charge in [-0.05, 0) is 17.7 Å². The summed E-state index contributed by atoms with van der Waals surface area (Å²) in [5, 5.41) is 12.2. The van der Waals surface area contributed by atoms with E-state index >= 15 is 0 Å². The Balaban J connectivity index is 2.00. The molecule has 6 heteroatoms. The maximum absolute atomic E-state index is 11.6. The predicted octanol–water partition coefficient (Wildman–Crippen LogP) is 3.61. The number of rotatable bonds is 4. The number of benzene rings is 2. The fourth-order valence-corrected chi connectivity index (χ4v) is 1.85. The molecule has 0 aliphatic carbocycles. The van der Waals surface area contributed by atoms with Gasteiger partial charge in [0.2, 0.25) is 0 Å². The summed E-state index contributed by atoms with van der Waals surface area (Å²) < 4.78 is 5.01. The zero-order valence-corrected chi connectivity index (χ0v) is 11.6. The van der Waals surface area contributed by atoms with Crippen molar-refractivity contribution in [2.75, 3.05) is 5.32 Å². The van der Waals surface area contributed by atoms with Crippen LogP contribution >= 0.6 is 11.6 Å². The third kappa shape index (κ3) is 3.97. The summed E-state index contributed by atoms with van der Waals surface area (Å²) in [5.41, 5.74) is 1.05. The molecule has 5 nitrogen and oxygen atoms in total. The highest BCUT2D eigenvalue weighted by molar-refractivity contribution is 6.33. The van der Waals surface area contributed by atoms with Crippen LogP contribution in [-0.2, 0) is 11.3 Å². The van der Waals surface area contributed by atoms with Gasteiger partial charge >= 0.3 is 6.09 Å². The Morgan fingerprint density at radius 2 is 2.00 bits per heavy atom. The van der Waals surface area contributed by atoms with Crippen LogP contribution in [0.4, 0.5) is 10.5 Å². The van der Waals surface area contributed by atoms with Crippen molar-refractivity contribution >= 4 is 29.7 Å². The lowest BCUT2D eigenvalue weighted by molar-refractivity contribution is 0.112. The van der Waals surface area contributed by atoms with Crippen molar-refractivity contribution in [2.45, 2.75) is 6.61 Å². The number of ether oxygens (including phenoxy) is 1. The summed E-state index contributed by atoms with van der Waals surface area (Å²) in [6.07, 6.45) is -0.219. The van der Waals surface area contributed by atoms with E-state index in [0.717, 1.165) is 5.56 Å². The van der Waals surface area contributed by atoms with Crippen molar-refractivity contribution in [3.63, 3.8) is 0 Å². The number of anilines is 1. The second-order valence-corrected chi connectivity index (χ2v) is 4.60. The van der Waals surface area contributed by atoms with E-state index in [2.05, 4.69) is 5.32 Å². The summed E-state index contributed by atoms with van der Waals surface area (Å²) >= 11 is 5.82. The Bertz CT molecular complexity index is 658. The number of carbonyl (C=O) groups is 2. The predicted molar refractivity (Wildman–Crippen MR) is 78.8 cm³/mol. The van der Waals surface area contributed by atoms with Crippen LogP contribution in [0.3, 0.4) is 0 Å². The molecule has 2 N–H and O–H groups in total. The third-order valence-electron chi connectivity index (χ3n) is 2.69. The summed E-state index contributed by atoms with van der Waals surface area (Å²) in [4.78, 5) is 22.3. The highest BCUT2D eigenvalue weighted by atomic mass is 35.5. The summed E-state index contributed by atoms with van der Waals surface area (Å²) in [6.45, 7) is 0.105. The van der Waals surface area contributed by atoms with Crippen molar-refractivity contribution in [1.29, 1.82) is 0 Å². The van der Waals surface area contributed by atoms with Gasteiger partial charge in [0.25, 0.3) is 0 Å². The van der Waals surface area contributed by atoms with E-state index < -0.39 is 6.09 Å². The van der Waals surface area contributed by atoms with Crippen LogP contribution < -0.4 is 5.32 Å². The highest BCUT2D eigenvalue weighted by Gasteiger charge is 2.11. The van der Waals surface area contributed by atoms with Crippen molar-refractivity contribution in [3.8, 4) is 5.75 Å². The largest absolute Gasteiger partial charge is 0.506 e. The van der Waals surface area contributed by atoms with E-state index in [9.17, 15) is 14.7 Å². The van der Waals surface area contributed by atoms with E-state index in [-0.39, 0.29) is 28.6 Å². The normalized spacial score (nSPS) is 9.95. The molecule has 0 radical (unpaired) electrons. The van der Waals surface area contributed by atoms with Crippen molar-refractivity contribution in [2.24, 2.45) is 0 Å². The molecule has 108 valence electrons. The number of hydrogen-bond acceptors (Lipinski definition) is 4. The summed E-state index contributed by atoms with van der Waals surface area (Å²) in [7, 11) is 0. The first-order chi connectivity index (χ1) is 10.1. The van der Waals surface area contributed by atoms with E-state index in [1.54, 1.807) is 0 Å². The molecule has 2 aromatic rings. The van der Waals surface area contributed by atoms with E-state index in [4.69, 9.17) is 16.3 Å². The van der Waals surface area contributed by atoms with Gasteiger partial charge in [0.15, 0.2) is 6.29 Å². The van der Waals surface area contributed by atoms with Crippen LogP contribution in [0, 0.1) is 0 Å². The van der Waals surface area contributed by atoms with Crippen molar-refractivity contribution in [3.05, 3.63) is 58.6 Å². The average Bonchev–Trinajstić information content (AvgIpc) is 2.49. The maximum Gasteiger partial charge on any atom is 0.412 e. The Morgan fingerprint density at radius 3 is 2.67 bits per heavy atom. The zero-order valence-electron chi connectivity index (χ0n) is 10.9. The lowest BCUT2D eigenvalue weighted by atomic mass is 10.2. The van der Waals surface area contributed by atoms with Crippen LogP contribution in [0.25, 0.3) is 0 Å². The first-order valence-electron chi connectivity index (χ1n) is 6.05. The van der Waals surface area contributed by atoms with Gasteiger partial charge in [-0.15, -0.1) is 0 Å². The lowest BCUT2D eigenvalue weighted by Gasteiger charge is -2.09. The molecule has 0 saturated heterocycles. The Kier molecular flexibility index (Phi) is 4.79. The molecule has 0 aromatic heterocycles. The molecule has 0 aliphatic rings. The van der Waals surface area contributed by atoms with Crippen molar-refractivity contribution in [1.82, 2.24) is 0 Å². The van der Waals surface area contributed by atoms with Gasteiger partial charge in [-0.1, -0.05) is 41.9 Å². The van der Waals surface area contributed by atoms with E-state index in [1.807, 2.05) is 30.3 Å². The van der Waals surface area contributed by atoms with Crippen LogP contribution in [0.5, 0.6) is 5.75 Å². The topological polar surface area (TPSA) is 75.6 Å². The lowest BCUT2D eigenvalue weighted by Crippen LogP contribution is -2.13. The van der Waals surface area contributed by atoms with Gasteiger partial charge < -0.3 is 9.84 Å². The van der Waals surface area contributed by atoms with Crippen LogP contribution in [0.2, 0.25) is 5.02 Å². The molecule has 21 heavy (non-hydrogen) atoms. The van der Waals surface area contributed by atoms with Crippen LogP contribution in [-0.4, -0.2) is 17.5 Å². The number of aromatic hydroxyl groups is 1. The molecular formula is C15H12ClNO4. The molecular weight excluding hydrogens is 294 g/mol. The molecule has 2 aromatic carbocycles. The minimum Gasteiger partial charge on any atom is -0.506 e. The number of aldehydes is 1. The Labute approximate surface area is 126 Å². The molecule has 0 unspecified atom stereocenters. The number of phenols is 1. The third-order valence-corrected chi connectivity index (χ3v) is 3.02. The minimum absolute atomic E-state index is 0.0728. The number of hydrogen-bond donors (Lipinski definition) is 2. The van der Waals surface area contributed by atoms with Gasteiger partial charge in [0.1, 0.15) is 12.4 Å². The Morgan fingerprint density at radius 1 is 1.29 bits per heavy atom. The van der Waals surface area contributed by atoms with E-state index in [1.165, 1.54) is 12.1 Å². The number of phenolic OH excluding ortho intramolecular Hbond substituents is 1. The number of nitrogens with one attached hydrogen (secondary N) is 1. The number of amides is 1. The molecule has 0 bridgehead atoms. The average molecular weight is 306 g/mol. The molecule has 0 aliphatic heterocycles. The van der Waals surface area contributed by atoms with Crippen LogP contribution in [0.1, 0.15) is 15.9 Å². The smallest absolute Gasteiger partial charge is 0.412 e. The van der Waals surface area contributed by atoms with Gasteiger partial charge in [-0.25, -0.2) is 4.79 Å². The van der Waals surface area contributed by atoms with Gasteiger partial charge in [0, 0.05) is 5.56 Å². The SMILES string of the molecule is O=Cc1cc(O)c(NC(=O)OCc2ccccc2)cc1Cl. The second-order valence-electron chi connectivity index (χ2n) is 4.20. The summed E-state index contributed by atoms with van der Waals surface area (Å²) in [5.74, 6) is -0.266. The monoisotopic (exact) mass is 305 g/mol. The Hall–Kier alpha value is -2.53. The molecule has 0 heterocycles.